The minimum Gasteiger partial charge on any atom is -0.468 e. The maximum Gasteiger partial charge on any atom is 0.323 e. The molecule has 5 heteroatoms. The van der Waals surface area contributed by atoms with Crippen LogP contribution in [0.4, 0.5) is 4.39 Å². The Morgan fingerprint density at radius 3 is 2.67 bits per heavy atom. The number of ether oxygens (including phenoxy) is 1. The van der Waals surface area contributed by atoms with Crippen molar-refractivity contribution in [2.75, 3.05) is 7.11 Å². The molecule has 4 rings (SSSR count). The van der Waals surface area contributed by atoms with E-state index in [1.165, 1.54) is 19.2 Å². The standard InChI is InChI=1S/C19H17FN2O2/c1-24-19(23)16-10-14-13-4-2-3-5-15(13)21-18(14)17(22-16)11-6-8-12(20)9-7-11/h2-9,16-17,21-22H,10H2,1H3/t16-,17?/m1/s1. The highest BCUT2D eigenvalue weighted by molar-refractivity contribution is 5.87. The van der Waals surface area contributed by atoms with Crippen molar-refractivity contribution in [1.29, 1.82) is 0 Å². The van der Waals surface area contributed by atoms with Crippen molar-refractivity contribution in [3.63, 3.8) is 0 Å². The summed E-state index contributed by atoms with van der Waals surface area (Å²) in [6, 6.07) is 13.7. The Kier molecular flexibility index (Phi) is 3.58. The Morgan fingerprint density at radius 1 is 1.17 bits per heavy atom. The van der Waals surface area contributed by atoms with Crippen LogP contribution in [0.1, 0.15) is 22.9 Å². The number of nitrogens with one attached hydrogen (secondary N) is 2. The molecule has 0 spiro atoms. The highest BCUT2D eigenvalue weighted by Gasteiger charge is 2.34. The second-order valence-corrected chi connectivity index (χ2v) is 5.99. The van der Waals surface area contributed by atoms with Crippen molar-refractivity contribution in [2.24, 2.45) is 0 Å². The van der Waals surface area contributed by atoms with Gasteiger partial charge in [0.05, 0.1) is 13.2 Å². The second-order valence-electron chi connectivity index (χ2n) is 5.99. The number of esters is 1. The number of aromatic nitrogens is 1. The maximum absolute atomic E-state index is 13.3. The molecule has 1 unspecified atom stereocenters. The average Bonchev–Trinajstić information content (AvgIpc) is 2.99. The number of halogens is 1. The number of benzene rings is 2. The summed E-state index contributed by atoms with van der Waals surface area (Å²) in [7, 11) is 1.39. The van der Waals surface area contributed by atoms with Crippen LogP contribution in [0.5, 0.6) is 0 Å². The van der Waals surface area contributed by atoms with E-state index in [0.717, 1.165) is 27.7 Å². The van der Waals surface area contributed by atoms with Crippen LogP contribution >= 0.6 is 0 Å². The molecule has 0 amide bonds. The predicted molar refractivity (Wildman–Crippen MR) is 89.2 cm³/mol. The number of methoxy groups -OCH3 is 1. The molecule has 3 aromatic rings. The molecule has 1 aliphatic heterocycles. The number of carbonyl (C=O) groups is 1. The molecule has 0 aliphatic carbocycles. The molecule has 1 aromatic heterocycles. The SMILES string of the molecule is COC(=O)[C@H]1Cc2c([nH]c3ccccc23)C(c2ccc(F)cc2)N1. The summed E-state index contributed by atoms with van der Waals surface area (Å²) in [5, 5.41) is 4.44. The Bertz CT molecular complexity index is 901. The lowest BCUT2D eigenvalue weighted by molar-refractivity contribution is -0.143. The number of rotatable bonds is 2. The first-order chi connectivity index (χ1) is 11.7. The van der Waals surface area contributed by atoms with Crippen LogP contribution in [0.2, 0.25) is 0 Å². The Morgan fingerprint density at radius 2 is 1.92 bits per heavy atom. The van der Waals surface area contributed by atoms with E-state index < -0.39 is 6.04 Å². The minimum absolute atomic E-state index is 0.217. The molecule has 4 nitrogen and oxygen atoms in total. The van der Waals surface area contributed by atoms with Gasteiger partial charge in [-0.2, -0.15) is 0 Å². The fourth-order valence-corrected chi connectivity index (χ4v) is 3.45. The number of carbonyl (C=O) groups excluding carboxylic acids is 1. The predicted octanol–water partition coefficient (Wildman–Crippen LogP) is 3.08. The van der Waals surface area contributed by atoms with E-state index in [4.69, 9.17) is 4.74 Å². The number of hydrogen-bond donors (Lipinski definition) is 2. The summed E-state index contributed by atoms with van der Waals surface area (Å²) in [6.07, 6.45) is 0.559. The average molecular weight is 324 g/mol. The molecular weight excluding hydrogens is 307 g/mol. The van der Waals surface area contributed by atoms with Crippen molar-refractivity contribution in [3.05, 3.63) is 71.2 Å². The number of fused-ring (bicyclic) bond motifs is 3. The molecule has 0 saturated heterocycles. The third kappa shape index (κ3) is 2.37. The fourth-order valence-electron chi connectivity index (χ4n) is 3.45. The van der Waals surface area contributed by atoms with Crippen LogP contribution in [-0.4, -0.2) is 24.1 Å². The summed E-state index contributed by atoms with van der Waals surface area (Å²) in [5.41, 5.74) is 4.05. The van der Waals surface area contributed by atoms with Crippen molar-refractivity contribution in [3.8, 4) is 0 Å². The highest BCUT2D eigenvalue weighted by Crippen LogP contribution is 2.35. The van der Waals surface area contributed by atoms with Gasteiger partial charge in [-0.25, -0.2) is 4.39 Å². The van der Waals surface area contributed by atoms with Gasteiger partial charge in [-0.05, 0) is 29.3 Å². The lowest BCUT2D eigenvalue weighted by Gasteiger charge is -2.30. The molecule has 2 atom stereocenters. The summed E-state index contributed by atoms with van der Waals surface area (Å²) >= 11 is 0. The maximum atomic E-state index is 13.3. The van der Waals surface area contributed by atoms with Gasteiger partial charge in [0.25, 0.3) is 0 Å². The normalized spacial score (nSPS) is 19.9. The quantitative estimate of drug-likeness (QED) is 0.712. The Hall–Kier alpha value is -2.66. The molecule has 0 radical (unpaired) electrons. The van der Waals surface area contributed by atoms with E-state index in [0.29, 0.717) is 6.42 Å². The topological polar surface area (TPSA) is 54.1 Å². The van der Waals surface area contributed by atoms with E-state index >= 15 is 0 Å². The molecule has 0 bridgehead atoms. The van der Waals surface area contributed by atoms with Crippen LogP contribution in [0, 0.1) is 5.82 Å². The number of hydrogen-bond acceptors (Lipinski definition) is 3. The van der Waals surface area contributed by atoms with Gasteiger partial charge in [-0.15, -0.1) is 0 Å². The van der Waals surface area contributed by atoms with Gasteiger partial charge in [0.15, 0.2) is 0 Å². The van der Waals surface area contributed by atoms with Crippen molar-refractivity contribution < 1.29 is 13.9 Å². The van der Waals surface area contributed by atoms with Gasteiger partial charge >= 0.3 is 5.97 Å². The highest BCUT2D eigenvalue weighted by atomic mass is 19.1. The minimum atomic E-state index is -0.434. The van der Waals surface area contributed by atoms with E-state index in [2.05, 4.69) is 10.3 Å². The van der Waals surface area contributed by atoms with Gasteiger partial charge in [0.1, 0.15) is 11.9 Å². The summed E-state index contributed by atoms with van der Waals surface area (Å²) in [4.78, 5) is 15.6. The smallest absolute Gasteiger partial charge is 0.323 e. The van der Waals surface area contributed by atoms with Crippen LogP contribution in [0.3, 0.4) is 0 Å². The van der Waals surface area contributed by atoms with E-state index in [9.17, 15) is 9.18 Å². The molecule has 122 valence electrons. The zero-order valence-electron chi connectivity index (χ0n) is 13.2. The number of para-hydroxylation sites is 1. The number of aromatic amines is 1. The molecule has 24 heavy (non-hydrogen) atoms. The monoisotopic (exact) mass is 324 g/mol. The van der Waals surface area contributed by atoms with Crippen molar-refractivity contribution in [1.82, 2.24) is 10.3 Å². The second kappa shape index (κ2) is 5.76. The third-order valence-electron chi connectivity index (χ3n) is 4.60. The van der Waals surface area contributed by atoms with Gasteiger partial charge in [-0.1, -0.05) is 30.3 Å². The van der Waals surface area contributed by atoms with Gasteiger partial charge < -0.3 is 9.72 Å². The zero-order chi connectivity index (χ0) is 16.7. The van der Waals surface area contributed by atoms with E-state index in [-0.39, 0.29) is 17.8 Å². The molecule has 2 heterocycles. The van der Waals surface area contributed by atoms with Crippen LogP contribution < -0.4 is 5.32 Å². The first-order valence-corrected chi connectivity index (χ1v) is 7.86. The summed E-state index contributed by atoms with van der Waals surface area (Å²) in [5.74, 6) is -0.575. The van der Waals surface area contributed by atoms with Crippen LogP contribution in [0.15, 0.2) is 48.5 Å². The first-order valence-electron chi connectivity index (χ1n) is 7.86. The Balaban J connectivity index is 1.86. The number of H-pyrrole nitrogens is 1. The molecule has 0 saturated carbocycles. The van der Waals surface area contributed by atoms with Gasteiger partial charge in [0, 0.05) is 23.0 Å². The third-order valence-corrected chi connectivity index (χ3v) is 4.60. The zero-order valence-corrected chi connectivity index (χ0v) is 13.2. The molecule has 0 fully saturated rings. The van der Waals surface area contributed by atoms with Gasteiger partial charge in [0.2, 0.25) is 0 Å². The van der Waals surface area contributed by atoms with Crippen LogP contribution in [-0.2, 0) is 16.0 Å². The first kappa shape index (κ1) is 14.9. The molecule has 2 aromatic carbocycles. The van der Waals surface area contributed by atoms with Crippen LogP contribution in [0.25, 0.3) is 10.9 Å². The molecule has 2 N–H and O–H groups in total. The fraction of sp³-hybridized carbons (Fsp3) is 0.211. The van der Waals surface area contributed by atoms with Gasteiger partial charge in [-0.3, -0.25) is 10.1 Å². The molecular formula is C19H17FN2O2. The van der Waals surface area contributed by atoms with Crippen molar-refractivity contribution >= 4 is 16.9 Å². The molecule has 1 aliphatic rings. The lowest BCUT2D eigenvalue weighted by atomic mass is 9.90. The Labute approximate surface area is 138 Å². The largest absolute Gasteiger partial charge is 0.468 e. The lowest BCUT2D eigenvalue weighted by Crippen LogP contribution is -2.45. The van der Waals surface area contributed by atoms with E-state index in [1.54, 1.807) is 12.1 Å². The summed E-state index contributed by atoms with van der Waals surface area (Å²) in [6.45, 7) is 0. The van der Waals surface area contributed by atoms with E-state index in [1.807, 2.05) is 24.3 Å². The van der Waals surface area contributed by atoms with Crippen molar-refractivity contribution in [2.45, 2.75) is 18.5 Å². The summed E-state index contributed by atoms with van der Waals surface area (Å²) < 4.78 is 18.2.